The molecule has 1 aromatic heterocycles. The molecule has 3 heteroatoms. The van der Waals surface area contributed by atoms with Crippen LogP contribution in [0.25, 0.3) is 0 Å². The minimum absolute atomic E-state index is 0.102. The smallest absolute Gasteiger partial charge is 0.264 e. The lowest BCUT2D eigenvalue weighted by atomic mass is 10.0. The number of allylic oxidation sites excluding steroid dienone is 3. The van der Waals surface area contributed by atoms with E-state index in [0.717, 1.165) is 6.92 Å². The fourth-order valence-corrected chi connectivity index (χ4v) is 0.969. The van der Waals surface area contributed by atoms with E-state index in [9.17, 15) is 8.78 Å². The molecule has 0 aliphatic heterocycles. The number of rotatable bonds is 2. The molecule has 0 fully saturated rings. The molecule has 1 nitrogen and oxygen atoms in total. The highest BCUT2D eigenvalue weighted by Crippen LogP contribution is 2.26. The van der Waals surface area contributed by atoms with Gasteiger partial charge in [-0.25, -0.2) is 8.78 Å². The second-order valence-corrected chi connectivity index (χ2v) is 3.87. The summed E-state index contributed by atoms with van der Waals surface area (Å²) >= 11 is 0. The van der Waals surface area contributed by atoms with Gasteiger partial charge in [-0.3, -0.25) is 4.98 Å². The number of hydrogen-bond acceptors (Lipinski definition) is 1. The van der Waals surface area contributed by atoms with Gasteiger partial charge in [0, 0.05) is 24.9 Å². The first-order valence-corrected chi connectivity index (χ1v) is 6.36. The molecule has 0 N–H and O–H groups in total. The normalized spacial score (nSPS) is 10.6. The first-order valence-electron chi connectivity index (χ1n) is 6.36. The first kappa shape index (κ1) is 19.8. The zero-order valence-corrected chi connectivity index (χ0v) is 12.8. The molecule has 1 aromatic rings. The standard InChI is InChI=1S/C8H12F2.C6H7N.C2H6/c1-5-6(2)7(3)8(4,9)10;1-6-3-2-4-7-5-6;1-2/h5H,3H2,1-2,4H3;2-5H,1H3;1-2H3/b6-5-;;. The lowest BCUT2D eigenvalue weighted by Crippen LogP contribution is -2.13. The van der Waals surface area contributed by atoms with Crippen molar-refractivity contribution in [3.05, 3.63) is 53.9 Å². The van der Waals surface area contributed by atoms with Crippen molar-refractivity contribution in [2.24, 2.45) is 0 Å². The van der Waals surface area contributed by atoms with E-state index in [-0.39, 0.29) is 5.57 Å². The van der Waals surface area contributed by atoms with Crippen LogP contribution in [-0.4, -0.2) is 10.9 Å². The van der Waals surface area contributed by atoms with Crippen molar-refractivity contribution in [2.45, 2.75) is 47.5 Å². The van der Waals surface area contributed by atoms with Gasteiger partial charge >= 0.3 is 0 Å². The largest absolute Gasteiger partial charge is 0.270 e. The zero-order valence-electron chi connectivity index (χ0n) is 12.8. The Morgan fingerprint density at radius 1 is 1.37 bits per heavy atom. The Labute approximate surface area is 116 Å². The summed E-state index contributed by atoms with van der Waals surface area (Å²) < 4.78 is 24.8. The van der Waals surface area contributed by atoms with Crippen LogP contribution in [0.1, 0.15) is 40.2 Å². The van der Waals surface area contributed by atoms with Gasteiger partial charge in [0.05, 0.1) is 0 Å². The van der Waals surface area contributed by atoms with Gasteiger partial charge in [0.25, 0.3) is 5.92 Å². The Bertz CT molecular complexity index is 375. The molecule has 0 amide bonds. The minimum Gasteiger partial charge on any atom is -0.264 e. The van der Waals surface area contributed by atoms with Gasteiger partial charge in [-0.1, -0.05) is 32.6 Å². The SMILES string of the molecule is C=C(/C(C)=C\C)C(C)(F)F.CC.Cc1cccnc1. The van der Waals surface area contributed by atoms with Crippen LogP contribution in [0.3, 0.4) is 0 Å². The van der Waals surface area contributed by atoms with Crippen molar-refractivity contribution in [2.75, 3.05) is 0 Å². The predicted molar refractivity (Wildman–Crippen MR) is 79.5 cm³/mol. The van der Waals surface area contributed by atoms with Crippen LogP contribution < -0.4 is 0 Å². The van der Waals surface area contributed by atoms with Gasteiger partial charge in [-0.15, -0.1) is 0 Å². The van der Waals surface area contributed by atoms with Crippen molar-refractivity contribution >= 4 is 0 Å². The third-order valence-electron chi connectivity index (χ3n) is 2.25. The molecule has 0 unspecified atom stereocenters. The van der Waals surface area contributed by atoms with Crippen molar-refractivity contribution in [1.29, 1.82) is 0 Å². The van der Waals surface area contributed by atoms with E-state index in [0.29, 0.717) is 5.57 Å². The Hall–Kier alpha value is -1.51. The molecule has 1 heterocycles. The number of alkyl halides is 2. The van der Waals surface area contributed by atoms with E-state index in [2.05, 4.69) is 11.6 Å². The van der Waals surface area contributed by atoms with Gasteiger partial charge in [0.1, 0.15) is 0 Å². The summed E-state index contributed by atoms with van der Waals surface area (Å²) in [6.07, 6.45) is 5.23. The fourth-order valence-electron chi connectivity index (χ4n) is 0.969. The van der Waals surface area contributed by atoms with Crippen LogP contribution in [0, 0.1) is 6.92 Å². The summed E-state index contributed by atoms with van der Waals surface area (Å²) in [5, 5.41) is 0. The highest BCUT2D eigenvalue weighted by atomic mass is 19.3. The number of hydrogen-bond donors (Lipinski definition) is 0. The highest BCUT2D eigenvalue weighted by Gasteiger charge is 2.25. The minimum atomic E-state index is -2.78. The van der Waals surface area contributed by atoms with Crippen molar-refractivity contribution in [3.8, 4) is 0 Å². The van der Waals surface area contributed by atoms with E-state index in [4.69, 9.17) is 0 Å². The molecular formula is C16H25F2N. The summed E-state index contributed by atoms with van der Waals surface area (Å²) in [5.41, 5.74) is 1.66. The molecule has 19 heavy (non-hydrogen) atoms. The predicted octanol–water partition coefficient (Wildman–Crippen LogP) is 5.58. The molecule has 0 saturated carbocycles. The molecule has 0 saturated heterocycles. The average Bonchev–Trinajstić information content (AvgIpc) is 2.40. The van der Waals surface area contributed by atoms with Crippen LogP contribution in [-0.2, 0) is 0 Å². The molecule has 0 atom stereocenters. The lowest BCUT2D eigenvalue weighted by molar-refractivity contribution is 0.0665. The molecule has 0 bridgehead atoms. The second kappa shape index (κ2) is 10.4. The maximum absolute atomic E-state index is 12.4. The number of halogens is 2. The maximum Gasteiger partial charge on any atom is 0.270 e. The summed E-state index contributed by atoms with van der Waals surface area (Å²) in [6, 6.07) is 3.95. The van der Waals surface area contributed by atoms with E-state index in [1.165, 1.54) is 5.56 Å². The van der Waals surface area contributed by atoms with Crippen LogP contribution in [0.2, 0.25) is 0 Å². The van der Waals surface area contributed by atoms with Gasteiger partial charge in [0.2, 0.25) is 0 Å². The zero-order chi connectivity index (χ0) is 15.5. The summed E-state index contributed by atoms with van der Waals surface area (Å²) in [5.74, 6) is -2.78. The van der Waals surface area contributed by atoms with Crippen LogP contribution in [0.5, 0.6) is 0 Å². The average molecular weight is 269 g/mol. The quantitative estimate of drug-likeness (QED) is 0.639. The molecule has 0 aromatic carbocycles. The van der Waals surface area contributed by atoms with Crippen LogP contribution in [0.4, 0.5) is 8.78 Å². The Kier molecular flexibility index (Phi) is 10.9. The fraction of sp³-hybridized carbons (Fsp3) is 0.438. The van der Waals surface area contributed by atoms with Crippen molar-refractivity contribution in [1.82, 2.24) is 4.98 Å². The number of aryl methyl sites for hydroxylation is 1. The van der Waals surface area contributed by atoms with Gasteiger partial charge in [0.15, 0.2) is 0 Å². The monoisotopic (exact) mass is 269 g/mol. The topological polar surface area (TPSA) is 12.9 Å². The van der Waals surface area contributed by atoms with E-state index in [1.54, 1.807) is 26.1 Å². The molecule has 0 spiro atoms. The van der Waals surface area contributed by atoms with Gasteiger partial charge < -0.3 is 0 Å². The third-order valence-corrected chi connectivity index (χ3v) is 2.25. The van der Waals surface area contributed by atoms with E-state index in [1.807, 2.05) is 39.1 Å². The summed E-state index contributed by atoms with van der Waals surface area (Å²) in [6.45, 7) is 13.5. The molecular weight excluding hydrogens is 244 g/mol. The van der Waals surface area contributed by atoms with Crippen molar-refractivity contribution < 1.29 is 8.78 Å². The maximum atomic E-state index is 12.4. The first-order chi connectivity index (χ1) is 8.79. The Morgan fingerprint density at radius 3 is 2.05 bits per heavy atom. The van der Waals surface area contributed by atoms with Crippen LogP contribution >= 0.6 is 0 Å². The summed E-state index contributed by atoms with van der Waals surface area (Å²) in [7, 11) is 0. The molecule has 108 valence electrons. The number of nitrogens with zero attached hydrogens (tertiary/aromatic N) is 1. The molecule has 0 radical (unpaired) electrons. The Balaban J connectivity index is 0. The van der Waals surface area contributed by atoms with Gasteiger partial charge in [-0.2, -0.15) is 0 Å². The number of aromatic nitrogens is 1. The van der Waals surface area contributed by atoms with Gasteiger partial charge in [-0.05, 0) is 38.0 Å². The van der Waals surface area contributed by atoms with Crippen molar-refractivity contribution in [3.63, 3.8) is 0 Å². The molecule has 0 aliphatic carbocycles. The van der Waals surface area contributed by atoms with Crippen LogP contribution in [0.15, 0.2) is 48.3 Å². The summed E-state index contributed by atoms with van der Waals surface area (Å²) in [4.78, 5) is 3.88. The van der Waals surface area contributed by atoms with E-state index >= 15 is 0 Å². The molecule has 1 rings (SSSR count). The molecule has 0 aliphatic rings. The Morgan fingerprint density at radius 2 is 1.89 bits per heavy atom. The second-order valence-electron chi connectivity index (χ2n) is 3.87. The highest BCUT2D eigenvalue weighted by molar-refractivity contribution is 5.30. The number of pyridine rings is 1. The third kappa shape index (κ3) is 10.1. The van der Waals surface area contributed by atoms with E-state index < -0.39 is 5.92 Å². The lowest BCUT2D eigenvalue weighted by Gasteiger charge is -2.13.